The van der Waals surface area contributed by atoms with E-state index >= 15 is 0 Å². The van der Waals surface area contributed by atoms with Gasteiger partial charge in [0.2, 0.25) is 0 Å². The molecule has 61 valence electrons. The second kappa shape index (κ2) is 3.25. The lowest BCUT2D eigenvalue weighted by atomic mass is 10.4. The van der Waals surface area contributed by atoms with Crippen LogP contribution in [0.2, 0.25) is 0 Å². The normalized spacial score (nSPS) is 10.1. The van der Waals surface area contributed by atoms with Gasteiger partial charge in [0.05, 0.1) is 7.11 Å². The highest BCUT2D eigenvalue weighted by molar-refractivity contribution is 7.19. The van der Waals surface area contributed by atoms with Gasteiger partial charge in [-0.05, 0) is 23.0 Å². The zero-order valence-corrected chi connectivity index (χ0v) is 8.04. The lowest BCUT2D eigenvalue weighted by Crippen LogP contribution is -1.80. The van der Waals surface area contributed by atoms with E-state index in [0.717, 1.165) is 10.6 Å². The van der Waals surface area contributed by atoms with Crippen molar-refractivity contribution in [2.45, 2.75) is 0 Å². The molecule has 0 N–H and O–H groups in total. The third-order valence-corrected chi connectivity index (χ3v) is 3.23. The Labute approximate surface area is 78.6 Å². The molecule has 4 heteroatoms. The summed E-state index contributed by atoms with van der Waals surface area (Å²) in [5.41, 5.74) is 0. The minimum Gasteiger partial charge on any atom is -0.493 e. The molecule has 12 heavy (non-hydrogen) atoms. The fourth-order valence-corrected chi connectivity index (χ4v) is 2.41. The van der Waals surface area contributed by atoms with Gasteiger partial charge in [-0.15, -0.1) is 11.3 Å². The molecular formula is C8H6NOS2. The van der Waals surface area contributed by atoms with Crippen LogP contribution in [0.5, 0.6) is 5.75 Å². The number of ether oxygens (including phenoxy) is 1. The first-order valence-electron chi connectivity index (χ1n) is 3.37. The number of hydrogen-bond donors (Lipinski definition) is 0. The molecule has 0 atom stereocenters. The summed E-state index contributed by atoms with van der Waals surface area (Å²) >= 11 is 3.09. The van der Waals surface area contributed by atoms with Crippen LogP contribution in [0.4, 0.5) is 0 Å². The van der Waals surface area contributed by atoms with Crippen molar-refractivity contribution in [1.29, 1.82) is 0 Å². The number of rotatable bonds is 2. The molecule has 0 bridgehead atoms. The van der Waals surface area contributed by atoms with Crippen LogP contribution >= 0.6 is 22.9 Å². The number of hydrogen-bond acceptors (Lipinski definition) is 4. The van der Waals surface area contributed by atoms with Gasteiger partial charge in [0.25, 0.3) is 0 Å². The van der Waals surface area contributed by atoms with Gasteiger partial charge >= 0.3 is 0 Å². The smallest absolute Gasteiger partial charge is 0.168 e. The maximum absolute atomic E-state index is 5.11. The molecule has 0 unspecified atom stereocenters. The molecule has 0 aromatic carbocycles. The first kappa shape index (κ1) is 7.76. The van der Waals surface area contributed by atoms with Crippen molar-refractivity contribution in [3.63, 3.8) is 0 Å². The number of thiophene rings is 1. The van der Waals surface area contributed by atoms with Gasteiger partial charge in [0.15, 0.2) is 11.9 Å². The lowest BCUT2D eigenvalue weighted by Gasteiger charge is -1.95. The Kier molecular flexibility index (Phi) is 2.10. The summed E-state index contributed by atoms with van der Waals surface area (Å²) in [5.74, 6) is 0.738. The molecule has 0 saturated carbocycles. The molecule has 1 radical (unpaired) electrons. The molecule has 0 aliphatic heterocycles. The first-order valence-corrected chi connectivity index (χ1v) is 5.02. The van der Waals surface area contributed by atoms with E-state index < -0.39 is 0 Å². The zero-order chi connectivity index (χ0) is 8.39. The quantitative estimate of drug-likeness (QED) is 0.736. The Morgan fingerprint density at radius 1 is 1.58 bits per heavy atom. The van der Waals surface area contributed by atoms with Crippen LogP contribution < -0.4 is 4.74 Å². The van der Waals surface area contributed by atoms with Gasteiger partial charge in [-0.25, -0.2) is 0 Å². The fourth-order valence-electron chi connectivity index (χ4n) is 0.905. The number of aromatic nitrogens is 1. The van der Waals surface area contributed by atoms with Gasteiger partial charge in [-0.3, -0.25) is 0 Å². The minimum absolute atomic E-state index is 0.738. The van der Waals surface area contributed by atoms with E-state index in [-0.39, 0.29) is 0 Å². The van der Waals surface area contributed by atoms with E-state index in [4.69, 9.17) is 4.74 Å². The van der Waals surface area contributed by atoms with Crippen LogP contribution in [0.15, 0.2) is 17.5 Å². The molecule has 0 fully saturated rings. The van der Waals surface area contributed by atoms with Crippen molar-refractivity contribution >= 4 is 22.9 Å². The van der Waals surface area contributed by atoms with Crippen molar-refractivity contribution in [1.82, 2.24) is 4.37 Å². The molecule has 2 nitrogen and oxygen atoms in total. The fraction of sp³-hybridized carbons (Fsp3) is 0.125. The SMILES string of the molecule is COc1[c]nsc1-c1cccs1. The molecule has 0 amide bonds. The summed E-state index contributed by atoms with van der Waals surface area (Å²) in [7, 11) is 1.64. The van der Waals surface area contributed by atoms with Crippen molar-refractivity contribution < 1.29 is 4.74 Å². The Balaban J connectivity index is 2.46. The van der Waals surface area contributed by atoms with Crippen molar-refractivity contribution in [2.24, 2.45) is 0 Å². The highest BCUT2D eigenvalue weighted by Gasteiger charge is 2.09. The summed E-state index contributed by atoms with van der Waals surface area (Å²) in [6.45, 7) is 0. The van der Waals surface area contributed by atoms with Gasteiger partial charge in [0.1, 0.15) is 4.88 Å². The minimum atomic E-state index is 0.738. The molecular weight excluding hydrogens is 190 g/mol. The highest BCUT2D eigenvalue weighted by atomic mass is 32.1. The topological polar surface area (TPSA) is 22.1 Å². The monoisotopic (exact) mass is 196 g/mol. The maximum atomic E-state index is 5.11. The Bertz CT molecular complexity index is 353. The third kappa shape index (κ3) is 1.23. The predicted octanol–water partition coefficient (Wildman–Crippen LogP) is 2.68. The van der Waals surface area contributed by atoms with E-state index in [9.17, 15) is 0 Å². The standard InChI is InChI=1S/C8H6NOS2/c1-10-6-5-9-12-8(6)7-3-2-4-11-7/h2-4H,1H3. The lowest BCUT2D eigenvalue weighted by molar-refractivity contribution is 0.416. The molecule has 2 aromatic heterocycles. The highest BCUT2D eigenvalue weighted by Crippen LogP contribution is 2.35. The summed E-state index contributed by atoms with van der Waals surface area (Å²) in [6.07, 6.45) is 2.80. The molecule has 0 aliphatic carbocycles. The summed E-state index contributed by atoms with van der Waals surface area (Å²) in [4.78, 5) is 2.25. The third-order valence-electron chi connectivity index (χ3n) is 1.44. The number of methoxy groups -OCH3 is 1. The predicted molar refractivity (Wildman–Crippen MR) is 50.8 cm³/mol. The van der Waals surface area contributed by atoms with E-state index in [0.29, 0.717) is 0 Å². The molecule has 0 aliphatic rings. The molecule has 2 aromatic rings. The van der Waals surface area contributed by atoms with Crippen LogP contribution in [0.25, 0.3) is 9.75 Å². The summed E-state index contributed by atoms with van der Waals surface area (Å²) in [6, 6.07) is 4.06. The van der Waals surface area contributed by atoms with E-state index in [1.54, 1.807) is 18.4 Å². The van der Waals surface area contributed by atoms with E-state index in [2.05, 4.69) is 16.6 Å². The van der Waals surface area contributed by atoms with Crippen molar-refractivity contribution in [3.05, 3.63) is 23.7 Å². The Hall–Kier alpha value is -0.870. The Morgan fingerprint density at radius 2 is 2.50 bits per heavy atom. The van der Waals surface area contributed by atoms with Crippen LogP contribution in [0, 0.1) is 6.20 Å². The molecule has 2 heterocycles. The second-order valence-corrected chi connectivity index (χ2v) is 3.86. The van der Waals surface area contributed by atoms with Crippen LogP contribution in [-0.4, -0.2) is 11.5 Å². The molecule has 2 rings (SSSR count). The summed E-state index contributed by atoms with van der Waals surface area (Å²) in [5, 5.41) is 2.04. The first-order chi connectivity index (χ1) is 5.92. The average Bonchev–Trinajstić information content (AvgIpc) is 2.74. The van der Waals surface area contributed by atoms with Crippen LogP contribution in [0.3, 0.4) is 0 Å². The van der Waals surface area contributed by atoms with Gasteiger partial charge in [-0.1, -0.05) is 6.07 Å². The van der Waals surface area contributed by atoms with Crippen molar-refractivity contribution in [2.75, 3.05) is 7.11 Å². The van der Waals surface area contributed by atoms with E-state index in [1.165, 1.54) is 16.4 Å². The Morgan fingerprint density at radius 3 is 3.17 bits per heavy atom. The zero-order valence-electron chi connectivity index (χ0n) is 6.40. The van der Waals surface area contributed by atoms with Crippen LogP contribution in [0.1, 0.15) is 0 Å². The van der Waals surface area contributed by atoms with Crippen molar-refractivity contribution in [3.8, 4) is 15.5 Å². The maximum Gasteiger partial charge on any atom is 0.168 e. The van der Waals surface area contributed by atoms with Gasteiger partial charge in [0, 0.05) is 4.88 Å². The van der Waals surface area contributed by atoms with Gasteiger partial charge in [-0.2, -0.15) is 4.37 Å². The van der Waals surface area contributed by atoms with Crippen LogP contribution in [-0.2, 0) is 0 Å². The molecule has 0 spiro atoms. The molecule has 0 saturated heterocycles. The summed E-state index contributed by atoms with van der Waals surface area (Å²) < 4.78 is 9.06. The second-order valence-electron chi connectivity index (χ2n) is 2.13. The number of nitrogens with zero attached hydrogens (tertiary/aromatic N) is 1. The largest absolute Gasteiger partial charge is 0.493 e. The van der Waals surface area contributed by atoms with Gasteiger partial charge < -0.3 is 4.74 Å². The van der Waals surface area contributed by atoms with E-state index in [1.807, 2.05) is 11.4 Å². The average molecular weight is 196 g/mol.